The van der Waals surface area contributed by atoms with E-state index >= 15 is 0 Å². The minimum atomic E-state index is -0.701. The van der Waals surface area contributed by atoms with Crippen LogP contribution in [0.15, 0.2) is 12.1 Å². The highest BCUT2D eigenvalue weighted by atomic mass is 19.1. The number of ketones is 1. The van der Waals surface area contributed by atoms with Gasteiger partial charge in [-0.05, 0) is 25.5 Å². The first-order chi connectivity index (χ1) is 6.02. The molecule has 1 heterocycles. The van der Waals surface area contributed by atoms with E-state index in [0.29, 0.717) is 11.3 Å². The van der Waals surface area contributed by atoms with Gasteiger partial charge in [0.2, 0.25) is 5.95 Å². The van der Waals surface area contributed by atoms with Crippen LogP contribution in [0, 0.1) is 12.9 Å². The predicted molar refractivity (Wildman–Crippen MR) is 46.5 cm³/mol. The third kappa shape index (κ3) is 2.09. The molecule has 13 heavy (non-hydrogen) atoms. The molecule has 0 fully saturated rings. The van der Waals surface area contributed by atoms with Gasteiger partial charge in [-0.1, -0.05) is 6.07 Å². The Labute approximate surface area is 75.8 Å². The van der Waals surface area contributed by atoms with Crippen LogP contribution < -0.4 is 5.73 Å². The van der Waals surface area contributed by atoms with Crippen molar-refractivity contribution in [3.63, 3.8) is 0 Å². The molecule has 0 aliphatic carbocycles. The molecule has 2 N–H and O–H groups in total. The molecule has 1 aromatic rings. The molecule has 4 heteroatoms. The van der Waals surface area contributed by atoms with Crippen molar-refractivity contribution in [3.05, 3.63) is 29.3 Å². The molecule has 1 rings (SSSR count). The van der Waals surface area contributed by atoms with Crippen LogP contribution in [0.2, 0.25) is 0 Å². The molecular weight excluding hydrogens is 171 g/mol. The van der Waals surface area contributed by atoms with E-state index in [1.807, 2.05) is 0 Å². The maximum absolute atomic E-state index is 12.6. The van der Waals surface area contributed by atoms with Crippen molar-refractivity contribution in [2.75, 3.05) is 0 Å². The van der Waals surface area contributed by atoms with E-state index in [0.717, 1.165) is 0 Å². The topological polar surface area (TPSA) is 56.0 Å². The molecule has 0 saturated heterocycles. The molecule has 3 nitrogen and oxygen atoms in total. The minimum absolute atomic E-state index is 0.156. The second-order valence-electron chi connectivity index (χ2n) is 2.90. The largest absolute Gasteiger partial charge is 0.318 e. The van der Waals surface area contributed by atoms with E-state index in [1.165, 1.54) is 19.1 Å². The highest BCUT2D eigenvalue weighted by molar-refractivity contribution is 5.82. The number of rotatable bonds is 2. The Morgan fingerprint density at radius 2 is 2.23 bits per heavy atom. The lowest BCUT2D eigenvalue weighted by Crippen LogP contribution is -2.20. The normalized spacial score (nSPS) is 12.6. The van der Waals surface area contributed by atoms with Crippen molar-refractivity contribution in [1.82, 2.24) is 4.98 Å². The van der Waals surface area contributed by atoms with Crippen LogP contribution in [-0.4, -0.2) is 10.8 Å². The Bertz CT molecular complexity index is 338. The first-order valence-electron chi connectivity index (χ1n) is 3.91. The number of aromatic nitrogens is 1. The van der Waals surface area contributed by atoms with Gasteiger partial charge in [-0.3, -0.25) is 4.79 Å². The lowest BCUT2D eigenvalue weighted by molar-refractivity contribution is -0.118. The molecule has 0 amide bonds. The number of carbonyl (C=O) groups is 1. The maximum Gasteiger partial charge on any atom is 0.213 e. The number of hydrogen-bond acceptors (Lipinski definition) is 3. The van der Waals surface area contributed by atoms with Crippen LogP contribution in [0.25, 0.3) is 0 Å². The van der Waals surface area contributed by atoms with Crippen LogP contribution in [-0.2, 0) is 4.79 Å². The van der Waals surface area contributed by atoms with Gasteiger partial charge < -0.3 is 5.73 Å². The van der Waals surface area contributed by atoms with Crippen molar-refractivity contribution in [2.24, 2.45) is 5.73 Å². The quantitative estimate of drug-likeness (QED) is 0.697. The van der Waals surface area contributed by atoms with Crippen molar-refractivity contribution in [1.29, 1.82) is 0 Å². The molecular formula is C9H11FN2O. The summed E-state index contributed by atoms with van der Waals surface area (Å²) < 4.78 is 12.6. The molecule has 0 spiro atoms. The fraction of sp³-hybridized carbons (Fsp3) is 0.333. The van der Waals surface area contributed by atoms with Gasteiger partial charge in [0.1, 0.15) is 0 Å². The summed E-state index contributed by atoms with van der Waals surface area (Å²) in [5.74, 6) is -0.714. The van der Waals surface area contributed by atoms with Crippen LogP contribution in [0.3, 0.4) is 0 Å². The number of carbonyl (C=O) groups excluding carboxylic acids is 1. The highest BCUT2D eigenvalue weighted by Gasteiger charge is 2.14. The summed E-state index contributed by atoms with van der Waals surface area (Å²) in [6.07, 6.45) is 0. The van der Waals surface area contributed by atoms with Gasteiger partial charge in [0, 0.05) is 5.69 Å². The van der Waals surface area contributed by atoms with E-state index in [1.54, 1.807) is 6.92 Å². The predicted octanol–water partition coefficient (Wildman–Crippen LogP) is 1.12. The van der Waals surface area contributed by atoms with Gasteiger partial charge >= 0.3 is 0 Å². The highest BCUT2D eigenvalue weighted by Crippen LogP contribution is 2.14. The molecule has 0 radical (unpaired) electrons. The second-order valence-corrected chi connectivity index (χ2v) is 2.90. The fourth-order valence-corrected chi connectivity index (χ4v) is 1.09. The molecule has 1 atom stereocenters. The molecule has 0 aliphatic rings. The molecule has 0 bridgehead atoms. The summed E-state index contributed by atoms with van der Waals surface area (Å²) in [4.78, 5) is 14.5. The van der Waals surface area contributed by atoms with Gasteiger partial charge in [0.05, 0.1) is 6.04 Å². The lowest BCUT2D eigenvalue weighted by Gasteiger charge is -2.09. The summed E-state index contributed by atoms with van der Waals surface area (Å²) in [5.41, 5.74) is 6.62. The molecule has 70 valence electrons. The zero-order chi connectivity index (χ0) is 10.0. The van der Waals surface area contributed by atoms with Gasteiger partial charge in [-0.15, -0.1) is 0 Å². The number of aryl methyl sites for hydroxylation is 1. The van der Waals surface area contributed by atoms with Gasteiger partial charge in [-0.2, -0.15) is 4.39 Å². The summed E-state index contributed by atoms with van der Waals surface area (Å²) in [7, 11) is 0. The molecule has 1 aromatic heterocycles. The average Bonchev–Trinajstić information content (AvgIpc) is 2.03. The fourth-order valence-electron chi connectivity index (χ4n) is 1.09. The molecule has 0 saturated carbocycles. The van der Waals surface area contributed by atoms with E-state index in [9.17, 15) is 9.18 Å². The van der Waals surface area contributed by atoms with Gasteiger partial charge in [0.25, 0.3) is 0 Å². The maximum atomic E-state index is 12.6. The van der Waals surface area contributed by atoms with E-state index in [-0.39, 0.29) is 5.78 Å². The van der Waals surface area contributed by atoms with Gasteiger partial charge in [-0.25, -0.2) is 4.98 Å². The first-order valence-corrected chi connectivity index (χ1v) is 3.91. The van der Waals surface area contributed by atoms with Crippen molar-refractivity contribution in [2.45, 2.75) is 19.9 Å². The van der Waals surface area contributed by atoms with Crippen LogP contribution >= 0.6 is 0 Å². The first kappa shape index (κ1) is 9.80. The molecule has 1 unspecified atom stereocenters. The summed E-state index contributed by atoms with van der Waals surface area (Å²) >= 11 is 0. The van der Waals surface area contributed by atoms with Crippen LogP contribution in [0.5, 0.6) is 0 Å². The Morgan fingerprint density at radius 1 is 1.62 bits per heavy atom. The third-order valence-corrected chi connectivity index (χ3v) is 1.87. The number of Topliss-reactive ketones (excluding diaryl/α,β-unsaturated/α-hetero) is 1. The monoisotopic (exact) mass is 182 g/mol. The van der Waals surface area contributed by atoms with Gasteiger partial charge in [0.15, 0.2) is 5.78 Å². The molecule has 0 aliphatic heterocycles. The minimum Gasteiger partial charge on any atom is -0.318 e. The SMILES string of the molecule is CC(=O)C(N)c1ccc(F)nc1C. The zero-order valence-electron chi connectivity index (χ0n) is 7.54. The third-order valence-electron chi connectivity index (χ3n) is 1.87. The van der Waals surface area contributed by atoms with E-state index < -0.39 is 12.0 Å². The zero-order valence-corrected chi connectivity index (χ0v) is 7.54. The Morgan fingerprint density at radius 3 is 2.69 bits per heavy atom. The summed E-state index contributed by atoms with van der Waals surface area (Å²) in [6.45, 7) is 3.02. The van der Waals surface area contributed by atoms with Crippen molar-refractivity contribution < 1.29 is 9.18 Å². The molecule has 0 aromatic carbocycles. The summed E-state index contributed by atoms with van der Waals surface area (Å²) in [5, 5.41) is 0. The second kappa shape index (κ2) is 3.62. The van der Waals surface area contributed by atoms with E-state index in [4.69, 9.17) is 5.73 Å². The smallest absolute Gasteiger partial charge is 0.213 e. The Kier molecular flexibility index (Phi) is 2.72. The van der Waals surface area contributed by atoms with Crippen molar-refractivity contribution in [3.8, 4) is 0 Å². The number of halogens is 1. The number of nitrogens with two attached hydrogens (primary N) is 1. The average molecular weight is 182 g/mol. The van der Waals surface area contributed by atoms with Crippen LogP contribution in [0.1, 0.15) is 24.2 Å². The lowest BCUT2D eigenvalue weighted by atomic mass is 10.0. The van der Waals surface area contributed by atoms with E-state index in [2.05, 4.69) is 4.98 Å². The van der Waals surface area contributed by atoms with Crippen molar-refractivity contribution >= 4 is 5.78 Å². The summed E-state index contributed by atoms with van der Waals surface area (Å²) in [6, 6.07) is 1.99. The number of nitrogens with zero attached hydrogens (tertiary/aromatic N) is 1. The Hall–Kier alpha value is -1.29. The number of hydrogen-bond donors (Lipinski definition) is 1. The number of pyridine rings is 1. The Balaban J connectivity index is 3.08. The standard InChI is InChI=1S/C9H11FN2O/c1-5-7(9(11)6(2)13)3-4-8(10)12-5/h3-4,9H,11H2,1-2H3. The van der Waals surface area contributed by atoms with Crippen LogP contribution in [0.4, 0.5) is 4.39 Å².